The average molecular weight is 366 g/mol. The predicted octanol–water partition coefficient (Wildman–Crippen LogP) is 3.24. The van der Waals surface area contributed by atoms with Crippen LogP contribution in [0, 0.1) is 0 Å². The van der Waals surface area contributed by atoms with Gasteiger partial charge in [-0.2, -0.15) is 0 Å². The van der Waals surface area contributed by atoms with Gasteiger partial charge >= 0.3 is 0 Å². The Morgan fingerprint density at radius 3 is 2.81 bits per heavy atom. The van der Waals surface area contributed by atoms with E-state index in [1.54, 1.807) is 0 Å². The van der Waals surface area contributed by atoms with Crippen molar-refractivity contribution in [3.8, 4) is 0 Å². The highest BCUT2D eigenvalue weighted by molar-refractivity contribution is 6.30. The van der Waals surface area contributed by atoms with Crippen LogP contribution in [0.3, 0.4) is 0 Å². The van der Waals surface area contributed by atoms with E-state index in [0.29, 0.717) is 0 Å². The van der Waals surface area contributed by atoms with Crippen LogP contribution in [-0.2, 0) is 6.42 Å². The molecule has 2 heterocycles. The van der Waals surface area contributed by atoms with E-state index in [2.05, 4.69) is 38.8 Å². The summed E-state index contributed by atoms with van der Waals surface area (Å²) >= 11 is 5.93. The second-order valence-corrected chi connectivity index (χ2v) is 6.65. The smallest absolute Gasteiger partial charge is 0.173 e. The zero-order valence-electron chi connectivity index (χ0n) is 14.2. The molecule has 0 aliphatic carbocycles. The summed E-state index contributed by atoms with van der Waals surface area (Å²) < 4.78 is 0. The van der Waals surface area contributed by atoms with Crippen LogP contribution < -0.4 is 16.4 Å². The third-order valence-electron chi connectivity index (χ3n) is 4.38. The number of aromatic amines is 1. The number of halogens is 1. The van der Waals surface area contributed by atoms with Crippen molar-refractivity contribution in [2.45, 2.75) is 12.7 Å². The zero-order valence-corrected chi connectivity index (χ0v) is 14.9. The topological polar surface area (TPSA) is 78.2 Å². The van der Waals surface area contributed by atoms with E-state index in [4.69, 9.17) is 17.3 Å². The van der Waals surface area contributed by atoms with Crippen LogP contribution in [-0.4, -0.2) is 23.7 Å². The standard InChI is InChI=1S/C20H20ClN5/c21-14-6-4-13(5-7-14)8-10-24-19-12-18(25-20(22)26-19)15-2-1-3-17-16(15)9-11-23-17/h1-7,9,11-12,20,23,25H,8,10,22H2,(H,24,26). The highest BCUT2D eigenvalue weighted by Crippen LogP contribution is 2.24. The summed E-state index contributed by atoms with van der Waals surface area (Å²) in [5.74, 6) is 0.785. The quantitative estimate of drug-likeness (QED) is 0.573. The number of benzene rings is 2. The van der Waals surface area contributed by atoms with Crippen molar-refractivity contribution >= 4 is 34.0 Å². The molecule has 6 heteroatoms. The Hall–Kier alpha value is -2.76. The fraction of sp³-hybridized carbons (Fsp3) is 0.150. The van der Waals surface area contributed by atoms with Crippen LogP contribution >= 0.6 is 11.6 Å². The summed E-state index contributed by atoms with van der Waals surface area (Å²) in [6.07, 6.45) is 4.36. The van der Waals surface area contributed by atoms with Crippen molar-refractivity contribution in [3.05, 3.63) is 77.0 Å². The van der Waals surface area contributed by atoms with E-state index < -0.39 is 6.29 Å². The molecule has 0 spiro atoms. The summed E-state index contributed by atoms with van der Waals surface area (Å²) in [6, 6.07) is 16.1. The zero-order chi connectivity index (χ0) is 17.9. The maximum atomic E-state index is 6.07. The SMILES string of the molecule is NC1N=C(NCCc2ccc(Cl)cc2)C=C(c2cccc3[nH]ccc23)N1. The minimum Gasteiger partial charge on any atom is -0.370 e. The van der Waals surface area contributed by atoms with Crippen molar-refractivity contribution < 1.29 is 0 Å². The second-order valence-electron chi connectivity index (χ2n) is 6.21. The van der Waals surface area contributed by atoms with E-state index >= 15 is 0 Å². The molecule has 1 atom stereocenters. The molecule has 0 saturated carbocycles. The van der Waals surface area contributed by atoms with Gasteiger partial charge in [-0.3, -0.25) is 5.73 Å². The van der Waals surface area contributed by atoms with Gasteiger partial charge in [-0.15, -0.1) is 0 Å². The average Bonchev–Trinajstić information content (AvgIpc) is 3.12. The summed E-state index contributed by atoms with van der Waals surface area (Å²) in [5.41, 5.74) is 10.5. The van der Waals surface area contributed by atoms with Gasteiger partial charge in [0.15, 0.2) is 6.29 Å². The highest BCUT2D eigenvalue weighted by Gasteiger charge is 2.15. The molecule has 4 rings (SSSR count). The van der Waals surface area contributed by atoms with E-state index in [1.165, 1.54) is 5.56 Å². The summed E-state index contributed by atoms with van der Waals surface area (Å²) in [6.45, 7) is 0.769. The molecule has 5 N–H and O–H groups in total. The molecule has 0 fully saturated rings. The largest absolute Gasteiger partial charge is 0.370 e. The summed E-state index contributed by atoms with van der Waals surface area (Å²) in [7, 11) is 0. The van der Waals surface area contributed by atoms with Crippen LogP contribution in [0.5, 0.6) is 0 Å². The molecule has 2 aromatic carbocycles. The monoisotopic (exact) mass is 365 g/mol. The van der Waals surface area contributed by atoms with E-state index in [-0.39, 0.29) is 0 Å². The molecule has 0 amide bonds. The van der Waals surface area contributed by atoms with Crippen molar-refractivity contribution in [1.29, 1.82) is 0 Å². The van der Waals surface area contributed by atoms with Crippen molar-refractivity contribution in [2.24, 2.45) is 10.7 Å². The maximum absolute atomic E-state index is 6.07. The van der Waals surface area contributed by atoms with Gasteiger partial charge in [0.05, 0.1) is 0 Å². The molecule has 26 heavy (non-hydrogen) atoms. The lowest BCUT2D eigenvalue weighted by Gasteiger charge is -2.22. The number of rotatable bonds is 4. The van der Waals surface area contributed by atoms with Gasteiger partial charge in [0, 0.05) is 46.0 Å². The number of hydrogen-bond acceptors (Lipinski definition) is 4. The molecule has 0 bridgehead atoms. The van der Waals surface area contributed by atoms with Gasteiger partial charge < -0.3 is 15.6 Å². The Bertz CT molecular complexity index is 971. The van der Waals surface area contributed by atoms with Crippen molar-refractivity contribution in [1.82, 2.24) is 15.6 Å². The second kappa shape index (κ2) is 7.23. The molecule has 1 aliphatic heterocycles. The molecule has 132 valence electrons. The maximum Gasteiger partial charge on any atom is 0.173 e. The number of H-pyrrole nitrogens is 1. The minimum atomic E-state index is -0.470. The number of aromatic nitrogens is 1. The van der Waals surface area contributed by atoms with Gasteiger partial charge in [0.1, 0.15) is 5.84 Å². The molecular formula is C20H20ClN5. The lowest BCUT2D eigenvalue weighted by Crippen LogP contribution is -2.41. The Balaban J connectivity index is 1.49. The highest BCUT2D eigenvalue weighted by atomic mass is 35.5. The van der Waals surface area contributed by atoms with Crippen LogP contribution in [0.15, 0.2) is 65.8 Å². The van der Waals surface area contributed by atoms with Gasteiger partial charge in [-0.05, 0) is 36.2 Å². The number of aliphatic imine (C=N–C) groups is 1. The van der Waals surface area contributed by atoms with Crippen LogP contribution in [0.25, 0.3) is 16.6 Å². The Morgan fingerprint density at radius 1 is 1.12 bits per heavy atom. The molecule has 5 nitrogen and oxygen atoms in total. The van der Waals surface area contributed by atoms with Gasteiger partial charge in [0.2, 0.25) is 0 Å². The minimum absolute atomic E-state index is 0.470. The number of fused-ring (bicyclic) bond motifs is 1. The molecule has 1 unspecified atom stereocenters. The summed E-state index contributed by atoms with van der Waals surface area (Å²) in [5, 5.41) is 8.52. The van der Waals surface area contributed by atoms with E-state index in [1.807, 2.05) is 42.6 Å². The first-order chi connectivity index (χ1) is 12.7. The number of nitrogens with zero attached hydrogens (tertiary/aromatic N) is 1. The normalized spacial score (nSPS) is 16.8. The first-order valence-electron chi connectivity index (χ1n) is 8.55. The van der Waals surface area contributed by atoms with Crippen LogP contribution in [0.4, 0.5) is 0 Å². The van der Waals surface area contributed by atoms with E-state index in [0.717, 1.165) is 46.0 Å². The number of hydrogen-bond donors (Lipinski definition) is 4. The van der Waals surface area contributed by atoms with Crippen LogP contribution in [0.1, 0.15) is 11.1 Å². The predicted molar refractivity (Wildman–Crippen MR) is 108 cm³/mol. The first kappa shape index (κ1) is 16.7. The summed E-state index contributed by atoms with van der Waals surface area (Å²) in [4.78, 5) is 7.67. The van der Waals surface area contributed by atoms with Gasteiger partial charge in [0.25, 0.3) is 0 Å². The first-order valence-corrected chi connectivity index (χ1v) is 8.93. The van der Waals surface area contributed by atoms with E-state index in [9.17, 15) is 0 Å². The molecular weight excluding hydrogens is 346 g/mol. The fourth-order valence-corrected chi connectivity index (χ4v) is 3.24. The molecule has 1 aliphatic rings. The van der Waals surface area contributed by atoms with Crippen LogP contribution in [0.2, 0.25) is 5.02 Å². The molecule has 0 saturated heterocycles. The van der Waals surface area contributed by atoms with Gasteiger partial charge in [-0.1, -0.05) is 35.9 Å². The number of amidine groups is 1. The van der Waals surface area contributed by atoms with Gasteiger partial charge in [-0.25, -0.2) is 4.99 Å². The number of nitrogens with two attached hydrogens (primary N) is 1. The number of nitrogens with one attached hydrogen (secondary N) is 3. The Morgan fingerprint density at radius 2 is 1.96 bits per heavy atom. The van der Waals surface area contributed by atoms with Crippen molar-refractivity contribution in [2.75, 3.05) is 6.54 Å². The lowest BCUT2D eigenvalue weighted by atomic mass is 10.1. The third kappa shape index (κ3) is 3.59. The third-order valence-corrected chi connectivity index (χ3v) is 4.63. The molecule has 1 aromatic heterocycles. The molecule has 3 aromatic rings. The molecule has 0 radical (unpaired) electrons. The Kier molecular flexibility index (Phi) is 4.65. The van der Waals surface area contributed by atoms with Crippen molar-refractivity contribution in [3.63, 3.8) is 0 Å². The lowest BCUT2D eigenvalue weighted by molar-refractivity contribution is 0.642. The fourth-order valence-electron chi connectivity index (χ4n) is 3.12. The Labute approximate surface area is 157 Å².